The van der Waals surface area contributed by atoms with Crippen LogP contribution in [0.3, 0.4) is 0 Å². The van der Waals surface area contributed by atoms with Crippen LogP contribution in [0.2, 0.25) is 5.02 Å². The fraction of sp³-hybridized carbons (Fsp3) is 0.364. The number of piperazine rings is 1. The summed E-state index contributed by atoms with van der Waals surface area (Å²) in [5, 5.41) is 5.91. The van der Waals surface area contributed by atoms with Gasteiger partial charge in [0.15, 0.2) is 0 Å². The summed E-state index contributed by atoms with van der Waals surface area (Å²) in [5.41, 5.74) is 0.955. The number of hydrogen-bond donors (Lipinski definition) is 2. The van der Waals surface area contributed by atoms with Crippen molar-refractivity contribution < 1.29 is 9.18 Å². The van der Waals surface area contributed by atoms with E-state index in [0.29, 0.717) is 12.2 Å². The fourth-order valence-electron chi connectivity index (χ4n) is 2.34. The van der Waals surface area contributed by atoms with Gasteiger partial charge in [-0.15, -0.1) is 0 Å². The summed E-state index contributed by atoms with van der Waals surface area (Å²) < 4.78 is 13.4. The minimum absolute atomic E-state index is 0.0784. The highest BCUT2D eigenvalue weighted by Gasteiger charge is 2.34. The molecule has 1 unspecified atom stereocenters. The quantitative estimate of drug-likeness (QED) is 0.726. The molecular formula is C11H11ClFN3O. The minimum atomic E-state index is -0.561. The third-order valence-electron chi connectivity index (χ3n) is 3.15. The van der Waals surface area contributed by atoms with Crippen LogP contribution in [-0.2, 0) is 0 Å². The zero-order valence-corrected chi connectivity index (χ0v) is 9.72. The molecule has 2 aliphatic heterocycles. The monoisotopic (exact) mass is 255 g/mol. The number of nitrogens with zero attached hydrogens (tertiary/aromatic N) is 1. The molecular weight excluding hydrogens is 245 g/mol. The van der Waals surface area contributed by atoms with Crippen LogP contribution in [0.5, 0.6) is 0 Å². The molecule has 0 saturated carbocycles. The normalized spacial score (nSPS) is 22.8. The van der Waals surface area contributed by atoms with Gasteiger partial charge in [-0.05, 0) is 12.1 Å². The molecule has 0 radical (unpaired) electrons. The summed E-state index contributed by atoms with van der Waals surface area (Å²) >= 11 is 5.86. The number of benzene rings is 1. The Morgan fingerprint density at radius 3 is 3.12 bits per heavy atom. The number of halogens is 2. The molecule has 1 fully saturated rings. The van der Waals surface area contributed by atoms with Gasteiger partial charge >= 0.3 is 0 Å². The second kappa shape index (κ2) is 3.85. The number of nitrogens with one attached hydrogen (secondary N) is 2. The van der Waals surface area contributed by atoms with E-state index in [1.54, 1.807) is 6.07 Å². The second-order valence-electron chi connectivity index (χ2n) is 4.14. The Labute approximate surface area is 103 Å². The van der Waals surface area contributed by atoms with E-state index < -0.39 is 5.82 Å². The summed E-state index contributed by atoms with van der Waals surface area (Å²) in [6.45, 7) is 2.28. The molecule has 2 heterocycles. The summed E-state index contributed by atoms with van der Waals surface area (Å²) in [6, 6.07) is 2.92. The first-order chi connectivity index (χ1) is 8.18. The van der Waals surface area contributed by atoms with Crippen molar-refractivity contribution in [2.75, 3.05) is 24.5 Å². The number of anilines is 1. The average Bonchev–Trinajstić information content (AvgIpc) is 2.33. The molecule has 3 rings (SSSR count). The molecule has 0 bridgehead atoms. The SMILES string of the molecule is O=C1NC2CNCCN2c2ccc(F)c(Cl)c21. The predicted octanol–water partition coefficient (Wildman–Crippen LogP) is 0.958. The molecule has 2 N–H and O–H groups in total. The molecule has 0 spiro atoms. The first-order valence-corrected chi connectivity index (χ1v) is 5.82. The van der Waals surface area contributed by atoms with E-state index in [0.717, 1.165) is 13.1 Å². The van der Waals surface area contributed by atoms with Crippen molar-refractivity contribution in [2.24, 2.45) is 0 Å². The lowest BCUT2D eigenvalue weighted by atomic mass is 10.1. The molecule has 0 aliphatic carbocycles. The molecule has 90 valence electrons. The highest BCUT2D eigenvalue weighted by atomic mass is 35.5. The lowest BCUT2D eigenvalue weighted by Crippen LogP contribution is -2.62. The van der Waals surface area contributed by atoms with Gasteiger partial charge < -0.3 is 15.5 Å². The Balaban J connectivity index is 2.14. The van der Waals surface area contributed by atoms with Crippen LogP contribution >= 0.6 is 11.6 Å². The van der Waals surface area contributed by atoms with Crippen molar-refractivity contribution in [1.82, 2.24) is 10.6 Å². The Bertz CT molecular complexity index is 494. The van der Waals surface area contributed by atoms with Crippen molar-refractivity contribution in [3.8, 4) is 0 Å². The van der Waals surface area contributed by atoms with Gasteiger partial charge in [0.2, 0.25) is 0 Å². The van der Waals surface area contributed by atoms with Crippen molar-refractivity contribution in [3.63, 3.8) is 0 Å². The van der Waals surface area contributed by atoms with Gasteiger partial charge in [0.05, 0.1) is 16.3 Å². The molecule has 1 aromatic carbocycles. The molecule has 0 aromatic heterocycles. The van der Waals surface area contributed by atoms with E-state index >= 15 is 0 Å². The van der Waals surface area contributed by atoms with Crippen LogP contribution in [0, 0.1) is 5.82 Å². The first-order valence-electron chi connectivity index (χ1n) is 5.44. The third-order valence-corrected chi connectivity index (χ3v) is 3.52. The van der Waals surface area contributed by atoms with Crippen LogP contribution in [0.25, 0.3) is 0 Å². The van der Waals surface area contributed by atoms with E-state index in [-0.39, 0.29) is 22.7 Å². The van der Waals surface area contributed by atoms with E-state index in [1.165, 1.54) is 6.07 Å². The summed E-state index contributed by atoms with van der Waals surface area (Å²) in [6.07, 6.45) is -0.0784. The van der Waals surface area contributed by atoms with E-state index in [9.17, 15) is 9.18 Å². The number of hydrogen-bond acceptors (Lipinski definition) is 3. The molecule has 1 atom stereocenters. The zero-order valence-electron chi connectivity index (χ0n) is 8.96. The molecule has 1 aromatic rings. The van der Waals surface area contributed by atoms with Crippen molar-refractivity contribution in [2.45, 2.75) is 6.17 Å². The van der Waals surface area contributed by atoms with Gasteiger partial charge in [0.1, 0.15) is 12.0 Å². The molecule has 1 amide bonds. The molecule has 4 nitrogen and oxygen atoms in total. The summed E-state index contributed by atoms with van der Waals surface area (Å²) in [7, 11) is 0. The largest absolute Gasteiger partial charge is 0.348 e. The zero-order chi connectivity index (χ0) is 12.0. The molecule has 2 aliphatic rings. The number of rotatable bonds is 0. The van der Waals surface area contributed by atoms with Crippen molar-refractivity contribution >= 4 is 23.2 Å². The van der Waals surface area contributed by atoms with Crippen LogP contribution < -0.4 is 15.5 Å². The predicted molar refractivity (Wildman–Crippen MR) is 62.9 cm³/mol. The Kier molecular flexibility index (Phi) is 2.45. The van der Waals surface area contributed by atoms with Gasteiger partial charge in [-0.25, -0.2) is 4.39 Å². The Morgan fingerprint density at radius 2 is 2.29 bits per heavy atom. The maximum atomic E-state index is 13.4. The third kappa shape index (κ3) is 1.57. The van der Waals surface area contributed by atoms with Gasteiger partial charge in [0.25, 0.3) is 5.91 Å². The first kappa shape index (κ1) is 10.8. The van der Waals surface area contributed by atoms with Gasteiger partial charge in [0, 0.05) is 19.6 Å². The number of carbonyl (C=O) groups is 1. The number of amides is 1. The standard InChI is InChI=1S/C11H11ClFN3O/c12-10-6(13)1-2-7-9(10)11(17)15-8-5-14-3-4-16(7)8/h1-2,8,14H,3-5H2,(H,15,17). The second-order valence-corrected chi connectivity index (χ2v) is 4.52. The minimum Gasteiger partial charge on any atom is -0.348 e. The van der Waals surface area contributed by atoms with E-state index in [4.69, 9.17) is 11.6 Å². The van der Waals surface area contributed by atoms with Gasteiger partial charge in [-0.2, -0.15) is 0 Å². The number of carbonyl (C=O) groups excluding carboxylic acids is 1. The lowest BCUT2D eigenvalue weighted by molar-refractivity contribution is 0.0922. The van der Waals surface area contributed by atoms with Gasteiger partial charge in [-0.3, -0.25) is 4.79 Å². The Morgan fingerprint density at radius 1 is 1.47 bits per heavy atom. The van der Waals surface area contributed by atoms with Crippen LogP contribution in [0.15, 0.2) is 12.1 Å². The smallest absolute Gasteiger partial charge is 0.256 e. The topological polar surface area (TPSA) is 44.4 Å². The lowest BCUT2D eigenvalue weighted by Gasteiger charge is -2.42. The fourth-order valence-corrected chi connectivity index (χ4v) is 2.59. The van der Waals surface area contributed by atoms with Crippen molar-refractivity contribution in [3.05, 3.63) is 28.5 Å². The summed E-state index contributed by atoms with van der Waals surface area (Å²) in [4.78, 5) is 13.9. The maximum Gasteiger partial charge on any atom is 0.256 e. The highest BCUT2D eigenvalue weighted by molar-refractivity contribution is 6.35. The average molecular weight is 256 g/mol. The number of fused-ring (bicyclic) bond motifs is 3. The van der Waals surface area contributed by atoms with E-state index in [1.807, 2.05) is 4.90 Å². The van der Waals surface area contributed by atoms with E-state index in [2.05, 4.69) is 10.6 Å². The maximum absolute atomic E-state index is 13.4. The van der Waals surface area contributed by atoms with Crippen molar-refractivity contribution in [1.29, 1.82) is 0 Å². The molecule has 1 saturated heterocycles. The van der Waals surface area contributed by atoms with Crippen LogP contribution in [-0.4, -0.2) is 31.7 Å². The molecule has 6 heteroatoms. The van der Waals surface area contributed by atoms with Gasteiger partial charge in [-0.1, -0.05) is 11.6 Å². The van der Waals surface area contributed by atoms with Crippen LogP contribution in [0.1, 0.15) is 10.4 Å². The highest BCUT2D eigenvalue weighted by Crippen LogP contribution is 2.33. The Hall–Kier alpha value is -1.33. The van der Waals surface area contributed by atoms with Crippen LogP contribution in [0.4, 0.5) is 10.1 Å². The summed E-state index contributed by atoms with van der Waals surface area (Å²) in [5.74, 6) is -0.872. The molecule has 17 heavy (non-hydrogen) atoms.